The lowest BCUT2D eigenvalue weighted by molar-refractivity contribution is -0.153. The molecule has 0 aromatic rings. The van der Waals surface area contributed by atoms with E-state index < -0.39 is 23.6 Å². The van der Waals surface area contributed by atoms with Gasteiger partial charge in [-0.2, -0.15) is 0 Å². The molecule has 0 saturated carbocycles. The summed E-state index contributed by atoms with van der Waals surface area (Å²) in [6.45, 7) is 9.38. The summed E-state index contributed by atoms with van der Waals surface area (Å²) < 4.78 is 0. The smallest absolute Gasteiger partial charge is 0.323 e. The van der Waals surface area contributed by atoms with Crippen LogP contribution in [0.4, 0.5) is 0 Å². The molecule has 138 valence electrons. The monoisotopic (exact) mass is 341 g/mol. The number of carbonyl (C=O) groups excluding carboxylic acids is 2. The summed E-state index contributed by atoms with van der Waals surface area (Å²) in [5, 5.41) is 9.11. The Labute approximate surface area is 144 Å². The van der Waals surface area contributed by atoms with Gasteiger partial charge in [0.25, 0.3) is 0 Å². The molecule has 7 nitrogen and oxygen atoms in total. The minimum absolute atomic E-state index is 0.0339. The van der Waals surface area contributed by atoms with Crippen molar-refractivity contribution < 1.29 is 19.5 Å². The van der Waals surface area contributed by atoms with Gasteiger partial charge in [-0.25, -0.2) is 0 Å². The molecular formula is C17H31N3O4. The summed E-state index contributed by atoms with van der Waals surface area (Å²) in [5.74, 6) is -1.56. The lowest BCUT2D eigenvalue weighted by atomic mass is 9.98. The first kappa shape index (κ1) is 20.4. The average Bonchev–Trinajstić information content (AvgIpc) is 2.97. The van der Waals surface area contributed by atoms with Crippen molar-refractivity contribution in [2.75, 3.05) is 13.1 Å². The van der Waals surface area contributed by atoms with Crippen LogP contribution in [0.25, 0.3) is 0 Å². The van der Waals surface area contributed by atoms with Gasteiger partial charge < -0.3 is 20.6 Å². The number of carboxylic acids is 1. The molecule has 0 spiro atoms. The van der Waals surface area contributed by atoms with Crippen molar-refractivity contribution in [1.82, 2.24) is 9.80 Å². The molecule has 7 heteroatoms. The van der Waals surface area contributed by atoms with Gasteiger partial charge in [0.2, 0.25) is 11.8 Å². The fourth-order valence-electron chi connectivity index (χ4n) is 2.94. The Morgan fingerprint density at radius 1 is 1.33 bits per heavy atom. The number of nitrogens with zero attached hydrogens (tertiary/aromatic N) is 2. The highest BCUT2D eigenvalue weighted by atomic mass is 16.4. The van der Waals surface area contributed by atoms with Gasteiger partial charge in [0, 0.05) is 12.1 Å². The minimum atomic E-state index is -1.06. The molecular weight excluding hydrogens is 310 g/mol. The maximum Gasteiger partial charge on any atom is 0.323 e. The minimum Gasteiger partial charge on any atom is -0.480 e. The van der Waals surface area contributed by atoms with Crippen LogP contribution in [0, 0.1) is 5.92 Å². The van der Waals surface area contributed by atoms with Crippen molar-refractivity contribution in [2.45, 2.75) is 71.5 Å². The highest BCUT2D eigenvalue weighted by Gasteiger charge is 2.41. The van der Waals surface area contributed by atoms with Crippen LogP contribution in [0.3, 0.4) is 0 Å². The highest BCUT2D eigenvalue weighted by Crippen LogP contribution is 2.25. The van der Waals surface area contributed by atoms with Crippen molar-refractivity contribution in [3.63, 3.8) is 0 Å². The van der Waals surface area contributed by atoms with Gasteiger partial charge in [0.05, 0.1) is 6.04 Å². The van der Waals surface area contributed by atoms with Crippen LogP contribution < -0.4 is 5.73 Å². The van der Waals surface area contributed by atoms with E-state index >= 15 is 0 Å². The number of carbonyl (C=O) groups is 3. The second-order valence-corrected chi connectivity index (χ2v) is 7.59. The van der Waals surface area contributed by atoms with E-state index in [0.717, 1.165) is 12.8 Å². The Kier molecular flexibility index (Phi) is 6.77. The normalized spacial score (nSPS) is 20.6. The summed E-state index contributed by atoms with van der Waals surface area (Å²) in [7, 11) is 0. The Balaban J connectivity index is 2.99. The van der Waals surface area contributed by atoms with Gasteiger partial charge >= 0.3 is 5.97 Å². The first-order chi connectivity index (χ1) is 11.0. The molecule has 24 heavy (non-hydrogen) atoms. The molecule has 1 saturated heterocycles. The van der Waals surface area contributed by atoms with Gasteiger partial charge in [-0.05, 0) is 39.5 Å². The third-order valence-corrected chi connectivity index (χ3v) is 4.73. The van der Waals surface area contributed by atoms with E-state index in [4.69, 9.17) is 10.8 Å². The summed E-state index contributed by atoms with van der Waals surface area (Å²) in [6.07, 6.45) is 2.05. The van der Waals surface area contributed by atoms with Crippen molar-refractivity contribution in [3.8, 4) is 0 Å². The maximum absolute atomic E-state index is 12.9. The van der Waals surface area contributed by atoms with Crippen LogP contribution in [0.5, 0.6) is 0 Å². The number of carboxylic acid groups (broad SMARTS) is 1. The molecule has 3 N–H and O–H groups in total. The van der Waals surface area contributed by atoms with Gasteiger partial charge in [-0.15, -0.1) is 0 Å². The number of hydrogen-bond acceptors (Lipinski definition) is 4. The third kappa shape index (κ3) is 4.69. The van der Waals surface area contributed by atoms with Crippen LogP contribution in [0.15, 0.2) is 0 Å². The third-order valence-electron chi connectivity index (χ3n) is 4.73. The lowest BCUT2D eigenvalue weighted by Crippen LogP contribution is -2.57. The number of rotatable bonds is 6. The molecule has 1 rings (SSSR count). The van der Waals surface area contributed by atoms with Crippen LogP contribution in [0.1, 0.15) is 53.9 Å². The zero-order chi connectivity index (χ0) is 18.7. The van der Waals surface area contributed by atoms with Crippen LogP contribution in [-0.2, 0) is 14.4 Å². The van der Waals surface area contributed by atoms with E-state index in [-0.39, 0.29) is 24.3 Å². The van der Waals surface area contributed by atoms with Crippen molar-refractivity contribution in [2.24, 2.45) is 11.7 Å². The predicted octanol–water partition coefficient (Wildman–Crippen LogP) is 1.06. The van der Waals surface area contributed by atoms with Gasteiger partial charge in [-0.1, -0.05) is 20.3 Å². The Hall–Kier alpha value is -1.63. The SMILES string of the molecule is CC[C@H](C)[C@H](N)C(=O)N1CCC[C@H]1C(=O)N(CC(=O)O)C(C)(C)C. The molecule has 0 bridgehead atoms. The molecule has 3 atom stereocenters. The summed E-state index contributed by atoms with van der Waals surface area (Å²) in [6, 6.07) is -1.25. The molecule has 0 aromatic heterocycles. The largest absolute Gasteiger partial charge is 0.480 e. The number of nitrogens with two attached hydrogens (primary N) is 1. The standard InChI is InChI=1S/C17H31N3O4/c1-6-11(2)14(18)16(24)19-9-7-8-12(19)15(23)20(10-13(21)22)17(3,4)5/h11-12,14H,6-10,18H2,1-5H3,(H,21,22)/t11-,12-,14-/m0/s1. The molecule has 1 heterocycles. The van der Waals surface area contributed by atoms with Crippen LogP contribution >= 0.6 is 0 Å². The predicted molar refractivity (Wildman–Crippen MR) is 91.3 cm³/mol. The van der Waals surface area contributed by atoms with E-state index in [1.165, 1.54) is 4.90 Å². The fraction of sp³-hybridized carbons (Fsp3) is 0.824. The van der Waals surface area contributed by atoms with Gasteiger partial charge in [-0.3, -0.25) is 14.4 Å². The number of likely N-dealkylation sites (tertiary alicyclic amines) is 1. The zero-order valence-electron chi connectivity index (χ0n) is 15.4. The average molecular weight is 341 g/mol. The van der Waals surface area contributed by atoms with Crippen molar-refractivity contribution >= 4 is 17.8 Å². The van der Waals surface area contributed by atoms with E-state index in [1.807, 2.05) is 13.8 Å². The Bertz CT molecular complexity index is 487. The summed E-state index contributed by atoms with van der Waals surface area (Å²) in [4.78, 5) is 39.6. The van der Waals surface area contributed by atoms with Gasteiger partial charge in [0.1, 0.15) is 12.6 Å². The second-order valence-electron chi connectivity index (χ2n) is 7.59. The number of amides is 2. The summed E-state index contributed by atoms with van der Waals surface area (Å²) in [5.41, 5.74) is 5.41. The van der Waals surface area contributed by atoms with E-state index in [1.54, 1.807) is 25.7 Å². The van der Waals surface area contributed by atoms with E-state index in [2.05, 4.69) is 0 Å². The second kappa shape index (κ2) is 7.96. The maximum atomic E-state index is 12.9. The molecule has 2 amide bonds. The number of aliphatic carboxylic acids is 1. The molecule has 0 unspecified atom stereocenters. The molecule has 0 radical (unpaired) electrons. The summed E-state index contributed by atoms with van der Waals surface area (Å²) >= 11 is 0. The van der Waals surface area contributed by atoms with Crippen molar-refractivity contribution in [3.05, 3.63) is 0 Å². The first-order valence-electron chi connectivity index (χ1n) is 8.60. The fourth-order valence-corrected chi connectivity index (χ4v) is 2.94. The molecule has 1 fully saturated rings. The van der Waals surface area contributed by atoms with Crippen molar-refractivity contribution in [1.29, 1.82) is 0 Å². The topological polar surface area (TPSA) is 104 Å². The van der Waals surface area contributed by atoms with Crippen LogP contribution in [0.2, 0.25) is 0 Å². The number of hydrogen-bond donors (Lipinski definition) is 2. The van der Waals surface area contributed by atoms with E-state index in [0.29, 0.717) is 13.0 Å². The molecule has 1 aliphatic rings. The van der Waals surface area contributed by atoms with Crippen LogP contribution in [-0.4, -0.2) is 63.4 Å². The molecule has 1 aliphatic heterocycles. The van der Waals surface area contributed by atoms with Gasteiger partial charge in [0.15, 0.2) is 0 Å². The quantitative estimate of drug-likeness (QED) is 0.752. The molecule has 0 aliphatic carbocycles. The lowest BCUT2D eigenvalue weighted by Gasteiger charge is -2.38. The zero-order valence-corrected chi connectivity index (χ0v) is 15.4. The molecule has 0 aromatic carbocycles. The van der Waals surface area contributed by atoms with E-state index in [9.17, 15) is 14.4 Å². The Morgan fingerprint density at radius 3 is 2.38 bits per heavy atom. The highest BCUT2D eigenvalue weighted by molar-refractivity contribution is 5.92. The Morgan fingerprint density at radius 2 is 1.92 bits per heavy atom. The first-order valence-corrected chi connectivity index (χ1v) is 8.60.